The van der Waals surface area contributed by atoms with Gasteiger partial charge < -0.3 is 10.8 Å². The number of aromatic nitrogens is 4. The fourth-order valence-corrected chi connectivity index (χ4v) is 5.41. The van der Waals surface area contributed by atoms with Crippen molar-refractivity contribution >= 4 is 57.4 Å². The lowest BCUT2D eigenvalue weighted by Gasteiger charge is -2.06. The number of aromatic hydroxyl groups is 1. The van der Waals surface area contributed by atoms with E-state index in [-0.39, 0.29) is 22.2 Å². The van der Waals surface area contributed by atoms with E-state index >= 15 is 0 Å². The van der Waals surface area contributed by atoms with Crippen LogP contribution in [0.1, 0.15) is 0 Å². The number of hydrogen-bond acceptors (Lipinski definition) is 8. The van der Waals surface area contributed by atoms with E-state index in [9.17, 15) is 15.2 Å². The summed E-state index contributed by atoms with van der Waals surface area (Å²) in [6.07, 6.45) is 1.73. The molecular weight excluding hydrogens is 610 g/mol. The zero-order valence-electron chi connectivity index (χ0n) is 22.0. The summed E-state index contributed by atoms with van der Waals surface area (Å²) in [5.74, 6) is 0.698. The lowest BCUT2D eigenvalue weighted by atomic mass is 10.0. The van der Waals surface area contributed by atoms with E-state index in [1.54, 1.807) is 47.3 Å². The Bertz CT molecular complexity index is 1940. The molecule has 12 nitrogen and oxygen atoms in total. The normalized spacial score (nSPS) is 13.7. The number of benzene rings is 3. The molecule has 6 rings (SSSR count). The van der Waals surface area contributed by atoms with E-state index in [0.29, 0.717) is 49.9 Å². The van der Waals surface area contributed by atoms with Crippen LogP contribution in [0.15, 0.2) is 95.2 Å². The van der Waals surface area contributed by atoms with Crippen molar-refractivity contribution in [1.82, 2.24) is 25.0 Å². The Morgan fingerprint density at radius 1 is 1.07 bits per heavy atom. The van der Waals surface area contributed by atoms with Gasteiger partial charge in [-0.25, -0.2) is 14.4 Å². The van der Waals surface area contributed by atoms with Gasteiger partial charge >= 0.3 is 0 Å². The summed E-state index contributed by atoms with van der Waals surface area (Å²) in [5, 5.41) is 38.0. The van der Waals surface area contributed by atoms with Crippen LogP contribution < -0.4 is 11.2 Å². The van der Waals surface area contributed by atoms with Crippen LogP contribution in [0.4, 0.5) is 5.69 Å². The number of halogens is 1. The van der Waals surface area contributed by atoms with Gasteiger partial charge in [0.25, 0.3) is 5.69 Å². The van der Waals surface area contributed by atoms with Crippen LogP contribution in [-0.2, 0) is 0 Å². The molecular formula is C28H20ClN9O3S2. The maximum Gasteiger partial charge on any atom is 0.270 e. The number of hydrogen-bond donors (Lipinski definition) is 3. The van der Waals surface area contributed by atoms with Crippen LogP contribution in [0.2, 0.25) is 5.02 Å². The first-order chi connectivity index (χ1) is 20.8. The molecule has 2 aromatic heterocycles. The molecule has 0 atom stereocenters. The Kier molecular flexibility index (Phi) is 7.63. The van der Waals surface area contributed by atoms with Crippen molar-refractivity contribution in [3.05, 3.63) is 100 Å². The van der Waals surface area contributed by atoms with Crippen LogP contribution in [0.5, 0.6) is 5.75 Å². The van der Waals surface area contributed by atoms with Crippen LogP contribution in [0, 0.1) is 10.1 Å². The number of thiocarbonyl (C=S) groups is 1. The molecule has 0 unspecified atom stereocenters. The SMILES string of the molecule is NC(=S)N/N=C1\CSC(n2nc(-c3cn(-c4ccccc4)nc3-c3cccc([N+](=O)[O-])c3)c(O)c2-c2ccc(Cl)cc2)=N1. The van der Waals surface area contributed by atoms with Crippen molar-refractivity contribution in [2.75, 3.05) is 5.75 Å². The van der Waals surface area contributed by atoms with Crippen molar-refractivity contribution in [3.63, 3.8) is 0 Å². The molecule has 3 heterocycles. The highest BCUT2D eigenvalue weighted by atomic mass is 35.5. The lowest BCUT2D eigenvalue weighted by Crippen LogP contribution is -2.25. The molecule has 0 radical (unpaired) electrons. The number of nitrogens with two attached hydrogens (primary N) is 1. The molecule has 43 heavy (non-hydrogen) atoms. The van der Waals surface area contributed by atoms with Crippen molar-refractivity contribution in [2.45, 2.75) is 0 Å². The van der Waals surface area contributed by atoms with Crippen LogP contribution in [-0.4, -0.2) is 51.5 Å². The van der Waals surface area contributed by atoms with E-state index < -0.39 is 4.92 Å². The number of thioether (sulfide) groups is 1. The second-order valence-electron chi connectivity index (χ2n) is 9.13. The minimum Gasteiger partial charge on any atom is -0.504 e. The number of para-hydroxylation sites is 1. The van der Waals surface area contributed by atoms with Gasteiger partial charge in [0.1, 0.15) is 17.1 Å². The molecule has 0 saturated carbocycles. The topological polar surface area (TPSA) is 162 Å². The van der Waals surface area contributed by atoms with Gasteiger partial charge in [0.05, 0.1) is 21.9 Å². The zero-order valence-corrected chi connectivity index (χ0v) is 24.3. The molecule has 4 N–H and O–H groups in total. The Morgan fingerprint density at radius 3 is 2.56 bits per heavy atom. The van der Waals surface area contributed by atoms with Gasteiger partial charge in [0, 0.05) is 34.5 Å². The minimum absolute atomic E-state index is 0.00568. The smallest absolute Gasteiger partial charge is 0.270 e. The molecule has 0 amide bonds. The van der Waals surface area contributed by atoms with E-state index in [1.165, 1.54) is 28.6 Å². The third-order valence-electron chi connectivity index (χ3n) is 6.33. The number of amidine groups is 1. The first-order valence-electron chi connectivity index (χ1n) is 12.6. The van der Waals surface area contributed by atoms with Gasteiger partial charge in [-0.05, 0) is 36.5 Å². The molecule has 3 aromatic carbocycles. The molecule has 214 valence electrons. The fourth-order valence-electron chi connectivity index (χ4n) is 4.43. The molecule has 1 aliphatic heterocycles. The monoisotopic (exact) mass is 629 g/mol. The highest BCUT2D eigenvalue weighted by Gasteiger charge is 2.29. The number of hydrazone groups is 1. The van der Waals surface area contributed by atoms with Gasteiger partial charge in [0.15, 0.2) is 21.9 Å². The maximum absolute atomic E-state index is 11.8. The quantitative estimate of drug-likeness (QED) is 0.126. The minimum atomic E-state index is -0.469. The lowest BCUT2D eigenvalue weighted by molar-refractivity contribution is -0.384. The third kappa shape index (κ3) is 5.70. The zero-order chi connectivity index (χ0) is 30.1. The van der Waals surface area contributed by atoms with Crippen molar-refractivity contribution in [3.8, 4) is 45.2 Å². The molecule has 0 spiro atoms. The Balaban J connectivity index is 1.57. The van der Waals surface area contributed by atoms with Crippen LogP contribution in [0.3, 0.4) is 0 Å². The highest BCUT2D eigenvalue weighted by Crippen LogP contribution is 2.43. The molecule has 0 saturated heterocycles. The first kappa shape index (κ1) is 28.1. The number of nitro benzene ring substituents is 1. The third-order valence-corrected chi connectivity index (χ3v) is 7.60. The fraction of sp³-hybridized carbons (Fsp3) is 0.0357. The van der Waals surface area contributed by atoms with Gasteiger partial charge in [0.2, 0.25) is 0 Å². The predicted molar refractivity (Wildman–Crippen MR) is 172 cm³/mol. The summed E-state index contributed by atoms with van der Waals surface area (Å²) in [5.41, 5.74) is 11.2. The predicted octanol–water partition coefficient (Wildman–Crippen LogP) is 5.43. The van der Waals surface area contributed by atoms with Gasteiger partial charge in [-0.3, -0.25) is 15.5 Å². The highest BCUT2D eigenvalue weighted by molar-refractivity contribution is 8.14. The van der Waals surface area contributed by atoms with Gasteiger partial charge in [-0.2, -0.15) is 15.3 Å². The summed E-state index contributed by atoms with van der Waals surface area (Å²) in [4.78, 5) is 15.7. The number of nitrogens with one attached hydrogen (secondary N) is 1. The largest absolute Gasteiger partial charge is 0.504 e. The standard InChI is InChI=1S/C28H20ClN9O3S2/c29-18-11-9-16(10-12-18)25-26(39)24(35-37(25)28-31-22(15-43-28)32-33-27(30)42)21-14-36(19-6-2-1-3-7-19)34-23(21)17-5-4-8-20(13-17)38(40)41/h1-14,39H,15H2,(H3,30,33,42)/b32-22+. The number of aliphatic imine (C=N–C) groups is 1. The second-order valence-corrected chi connectivity index (χ2v) is 10.9. The average Bonchev–Trinajstić information content (AvgIpc) is 3.74. The van der Waals surface area contributed by atoms with E-state index in [4.69, 9.17) is 39.7 Å². The molecule has 0 bridgehead atoms. The Hall–Kier alpha value is -5.05. The Morgan fingerprint density at radius 2 is 1.84 bits per heavy atom. The van der Waals surface area contributed by atoms with Gasteiger partial charge in [-0.15, -0.1) is 0 Å². The number of nitro groups is 1. The summed E-state index contributed by atoms with van der Waals surface area (Å²) in [6.45, 7) is 0. The summed E-state index contributed by atoms with van der Waals surface area (Å²) in [7, 11) is 0. The molecule has 0 aliphatic carbocycles. The van der Waals surface area contributed by atoms with Gasteiger partial charge in [-0.1, -0.05) is 65.8 Å². The second kappa shape index (κ2) is 11.7. The number of non-ortho nitro benzene ring substituents is 1. The van der Waals surface area contributed by atoms with E-state index in [0.717, 1.165) is 5.69 Å². The molecule has 15 heteroatoms. The van der Waals surface area contributed by atoms with Crippen LogP contribution >= 0.6 is 35.6 Å². The first-order valence-corrected chi connectivity index (χ1v) is 14.4. The molecule has 1 aliphatic rings. The number of rotatable bonds is 6. The number of nitrogens with zero attached hydrogens (tertiary/aromatic N) is 7. The molecule has 0 fully saturated rings. The van der Waals surface area contributed by atoms with E-state index in [1.807, 2.05) is 30.3 Å². The summed E-state index contributed by atoms with van der Waals surface area (Å²) in [6, 6.07) is 22.5. The molecule has 5 aromatic rings. The summed E-state index contributed by atoms with van der Waals surface area (Å²) < 4.78 is 3.16. The van der Waals surface area contributed by atoms with Crippen molar-refractivity contribution < 1.29 is 10.0 Å². The van der Waals surface area contributed by atoms with Crippen LogP contribution in [0.25, 0.3) is 39.5 Å². The Labute approximate surface area is 258 Å². The van der Waals surface area contributed by atoms with Crippen molar-refractivity contribution in [2.24, 2.45) is 15.8 Å². The average molecular weight is 630 g/mol. The van der Waals surface area contributed by atoms with Crippen molar-refractivity contribution in [1.29, 1.82) is 0 Å². The van der Waals surface area contributed by atoms with E-state index in [2.05, 4.69) is 15.5 Å². The summed E-state index contributed by atoms with van der Waals surface area (Å²) >= 11 is 12.3. The maximum atomic E-state index is 11.8.